The Kier molecular flexibility index (Phi) is 4.20. The second-order valence-electron chi connectivity index (χ2n) is 5.78. The molecule has 124 valence electrons. The molecule has 5 nitrogen and oxygen atoms in total. The van der Waals surface area contributed by atoms with Crippen LogP contribution in [0.3, 0.4) is 0 Å². The van der Waals surface area contributed by atoms with Gasteiger partial charge < -0.3 is 4.74 Å². The predicted octanol–water partition coefficient (Wildman–Crippen LogP) is 3.44. The lowest BCUT2D eigenvalue weighted by Gasteiger charge is -2.11. The maximum absolute atomic E-state index is 12.4. The van der Waals surface area contributed by atoms with Crippen LogP contribution in [-0.2, 0) is 15.4 Å². The van der Waals surface area contributed by atoms with Gasteiger partial charge in [0.05, 0.1) is 23.0 Å². The van der Waals surface area contributed by atoms with Crippen molar-refractivity contribution in [3.63, 3.8) is 0 Å². The molecular weight excluding hydrogens is 324 g/mol. The zero-order chi connectivity index (χ0) is 17.2. The fourth-order valence-electron chi connectivity index (χ4n) is 2.54. The summed E-state index contributed by atoms with van der Waals surface area (Å²) < 4.78 is 32.7. The van der Waals surface area contributed by atoms with Crippen LogP contribution >= 0.6 is 0 Å². The summed E-state index contributed by atoms with van der Waals surface area (Å²) in [5.74, 6) is 0.632. The van der Waals surface area contributed by atoms with Gasteiger partial charge in [-0.25, -0.2) is 8.42 Å². The highest BCUT2D eigenvalue weighted by atomic mass is 32.2. The third kappa shape index (κ3) is 3.22. The predicted molar refractivity (Wildman–Crippen MR) is 91.4 cm³/mol. The largest absolute Gasteiger partial charge is 0.494 e. The molecule has 0 heterocycles. The van der Waals surface area contributed by atoms with Gasteiger partial charge in [0.1, 0.15) is 5.75 Å². The molecule has 0 atom stereocenters. The van der Waals surface area contributed by atoms with E-state index in [4.69, 9.17) is 4.74 Å². The van der Waals surface area contributed by atoms with E-state index < -0.39 is 10.0 Å². The van der Waals surface area contributed by atoms with E-state index in [1.807, 2.05) is 19.1 Å². The minimum absolute atomic E-state index is 0.172. The van der Waals surface area contributed by atoms with Crippen LogP contribution < -0.4 is 9.46 Å². The van der Waals surface area contributed by atoms with Crippen molar-refractivity contribution in [1.29, 1.82) is 5.26 Å². The third-order valence-corrected chi connectivity index (χ3v) is 5.50. The molecule has 1 N–H and O–H groups in total. The van der Waals surface area contributed by atoms with E-state index in [2.05, 4.69) is 10.8 Å². The average molecular weight is 342 g/mol. The summed E-state index contributed by atoms with van der Waals surface area (Å²) in [5, 5.41) is 9.20. The molecule has 1 aliphatic rings. The number of ether oxygens (including phenoxy) is 1. The smallest absolute Gasteiger partial charge is 0.261 e. The molecule has 3 rings (SSSR count). The summed E-state index contributed by atoms with van der Waals surface area (Å²) in [5.41, 5.74) is 1.04. The first-order chi connectivity index (χ1) is 11.5. The normalized spacial score (nSPS) is 15.3. The molecule has 0 unspecified atom stereocenters. The Balaban J connectivity index is 1.76. The number of hydrogen-bond acceptors (Lipinski definition) is 4. The van der Waals surface area contributed by atoms with Crippen molar-refractivity contribution in [2.45, 2.75) is 30.1 Å². The van der Waals surface area contributed by atoms with Crippen molar-refractivity contribution in [2.24, 2.45) is 0 Å². The number of nitrogens with zero attached hydrogens (tertiary/aromatic N) is 1. The van der Waals surface area contributed by atoms with Crippen LogP contribution in [0.4, 0.5) is 5.69 Å². The molecule has 1 aliphatic carbocycles. The van der Waals surface area contributed by atoms with Crippen molar-refractivity contribution >= 4 is 15.7 Å². The monoisotopic (exact) mass is 342 g/mol. The fraction of sp³-hybridized carbons (Fsp3) is 0.278. The van der Waals surface area contributed by atoms with Gasteiger partial charge in [-0.05, 0) is 61.7 Å². The van der Waals surface area contributed by atoms with E-state index >= 15 is 0 Å². The van der Waals surface area contributed by atoms with Crippen LogP contribution in [0.5, 0.6) is 5.75 Å². The number of nitrogens with one attached hydrogen (secondary N) is 1. The molecule has 0 amide bonds. The van der Waals surface area contributed by atoms with Crippen LogP contribution in [0.25, 0.3) is 0 Å². The van der Waals surface area contributed by atoms with Crippen LogP contribution in [0.1, 0.15) is 25.3 Å². The van der Waals surface area contributed by atoms with Gasteiger partial charge in [0.15, 0.2) is 0 Å². The first-order valence-electron chi connectivity index (χ1n) is 7.76. The molecular formula is C18H18N2O3S. The molecule has 0 spiro atoms. The second kappa shape index (κ2) is 6.17. The van der Waals surface area contributed by atoms with Crippen LogP contribution in [0, 0.1) is 11.3 Å². The van der Waals surface area contributed by atoms with E-state index in [9.17, 15) is 13.7 Å². The number of benzene rings is 2. The summed E-state index contributed by atoms with van der Waals surface area (Å²) in [7, 11) is -3.65. The molecule has 0 aromatic heterocycles. The number of anilines is 1. The maximum atomic E-state index is 12.4. The Labute approximate surface area is 141 Å². The molecule has 6 heteroatoms. The SMILES string of the molecule is CCOc1ccc(S(=O)(=O)Nc2ccc(C3(C#N)CC3)cc2)cc1. The van der Waals surface area contributed by atoms with E-state index in [1.165, 1.54) is 12.1 Å². The average Bonchev–Trinajstić information content (AvgIpc) is 3.37. The van der Waals surface area contributed by atoms with Gasteiger partial charge in [-0.3, -0.25) is 4.72 Å². The lowest BCUT2D eigenvalue weighted by atomic mass is 9.98. The quantitative estimate of drug-likeness (QED) is 0.872. The van der Waals surface area contributed by atoms with Gasteiger partial charge in [0, 0.05) is 5.69 Å². The molecule has 1 saturated carbocycles. The zero-order valence-corrected chi connectivity index (χ0v) is 14.1. The second-order valence-corrected chi connectivity index (χ2v) is 7.46. The van der Waals surface area contributed by atoms with Crippen LogP contribution in [-0.4, -0.2) is 15.0 Å². The van der Waals surface area contributed by atoms with Gasteiger partial charge in [0.25, 0.3) is 10.0 Å². The number of rotatable bonds is 6. The van der Waals surface area contributed by atoms with Gasteiger partial charge in [-0.1, -0.05) is 12.1 Å². The molecule has 2 aromatic carbocycles. The van der Waals surface area contributed by atoms with Crippen molar-refractivity contribution in [1.82, 2.24) is 0 Å². The molecule has 0 bridgehead atoms. The van der Waals surface area contributed by atoms with Crippen molar-refractivity contribution in [3.05, 3.63) is 54.1 Å². The van der Waals surface area contributed by atoms with Crippen LogP contribution in [0.15, 0.2) is 53.4 Å². The van der Waals surface area contributed by atoms with E-state index in [0.29, 0.717) is 18.0 Å². The highest BCUT2D eigenvalue weighted by molar-refractivity contribution is 7.92. The molecule has 24 heavy (non-hydrogen) atoms. The van der Waals surface area contributed by atoms with E-state index in [0.717, 1.165) is 18.4 Å². The first-order valence-corrected chi connectivity index (χ1v) is 9.25. The molecule has 2 aromatic rings. The Hall–Kier alpha value is -2.52. The van der Waals surface area contributed by atoms with Crippen molar-refractivity contribution in [2.75, 3.05) is 11.3 Å². The van der Waals surface area contributed by atoms with Crippen molar-refractivity contribution < 1.29 is 13.2 Å². The number of hydrogen-bond donors (Lipinski definition) is 1. The Morgan fingerprint density at radius 2 is 1.75 bits per heavy atom. The van der Waals surface area contributed by atoms with Crippen LogP contribution in [0.2, 0.25) is 0 Å². The minimum Gasteiger partial charge on any atom is -0.494 e. The highest BCUT2D eigenvalue weighted by Crippen LogP contribution is 2.47. The Morgan fingerprint density at radius 3 is 2.25 bits per heavy atom. The molecule has 0 saturated heterocycles. The summed E-state index contributed by atoms with van der Waals surface area (Å²) in [4.78, 5) is 0.172. The molecule has 0 aliphatic heterocycles. The zero-order valence-electron chi connectivity index (χ0n) is 13.3. The van der Waals surface area contributed by atoms with Gasteiger partial charge in [-0.2, -0.15) is 5.26 Å². The van der Waals surface area contributed by atoms with E-state index in [-0.39, 0.29) is 10.3 Å². The summed E-state index contributed by atoms with van der Waals surface area (Å²) in [6, 6.07) is 15.6. The summed E-state index contributed by atoms with van der Waals surface area (Å²) in [6.07, 6.45) is 1.72. The topological polar surface area (TPSA) is 79.2 Å². The maximum Gasteiger partial charge on any atom is 0.261 e. The Morgan fingerprint density at radius 1 is 1.12 bits per heavy atom. The van der Waals surface area contributed by atoms with Gasteiger partial charge in [-0.15, -0.1) is 0 Å². The Bertz CT molecular complexity index is 862. The fourth-order valence-corrected chi connectivity index (χ4v) is 3.60. The van der Waals surface area contributed by atoms with Crippen molar-refractivity contribution in [3.8, 4) is 11.8 Å². The van der Waals surface area contributed by atoms with Gasteiger partial charge >= 0.3 is 0 Å². The number of nitriles is 1. The summed E-state index contributed by atoms with van der Waals surface area (Å²) in [6.45, 7) is 2.40. The lowest BCUT2D eigenvalue weighted by Crippen LogP contribution is -2.13. The van der Waals surface area contributed by atoms with Gasteiger partial charge in [0.2, 0.25) is 0 Å². The molecule has 1 fully saturated rings. The van der Waals surface area contributed by atoms with E-state index in [1.54, 1.807) is 24.3 Å². The first kappa shape index (κ1) is 16.3. The standard InChI is InChI=1S/C18H18N2O3S/c1-2-23-16-7-9-17(10-8-16)24(21,22)20-15-5-3-14(4-6-15)18(13-19)11-12-18/h3-10,20H,2,11-12H2,1H3. The summed E-state index contributed by atoms with van der Waals surface area (Å²) >= 11 is 0. The minimum atomic E-state index is -3.65. The molecule has 0 radical (unpaired) electrons. The third-order valence-electron chi connectivity index (χ3n) is 4.10. The lowest BCUT2D eigenvalue weighted by molar-refractivity contribution is 0.340. The highest BCUT2D eigenvalue weighted by Gasteiger charge is 2.44. The number of sulfonamides is 1.